The Morgan fingerprint density at radius 3 is 3.00 bits per heavy atom. The molecule has 3 N–H and O–H groups in total. The summed E-state index contributed by atoms with van der Waals surface area (Å²) < 4.78 is 4.92. The van der Waals surface area contributed by atoms with Gasteiger partial charge in [0.05, 0.1) is 0 Å². The summed E-state index contributed by atoms with van der Waals surface area (Å²) in [7, 11) is 1.65. The highest BCUT2D eigenvalue weighted by molar-refractivity contribution is 5.94. The maximum atomic E-state index is 11.8. The van der Waals surface area contributed by atoms with Crippen LogP contribution in [-0.2, 0) is 11.2 Å². The van der Waals surface area contributed by atoms with Gasteiger partial charge in [-0.3, -0.25) is 4.79 Å². The zero-order valence-electron chi connectivity index (χ0n) is 10.2. The van der Waals surface area contributed by atoms with Gasteiger partial charge >= 0.3 is 0 Å². The van der Waals surface area contributed by atoms with Crippen LogP contribution in [-0.4, -0.2) is 32.7 Å². The molecule has 1 rings (SSSR count). The molecule has 0 spiro atoms. The minimum atomic E-state index is -0.0417. The maximum absolute atomic E-state index is 11.8. The summed E-state index contributed by atoms with van der Waals surface area (Å²) in [5.74, 6) is -0.0417. The molecule has 1 aromatic carbocycles. The van der Waals surface area contributed by atoms with Gasteiger partial charge in [0.1, 0.15) is 0 Å². The Morgan fingerprint density at radius 1 is 1.47 bits per heavy atom. The smallest absolute Gasteiger partial charge is 0.251 e. The van der Waals surface area contributed by atoms with Gasteiger partial charge in [-0.2, -0.15) is 0 Å². The summed E-state index contributed by atoms with van der Waals surface area (Å²) in [6, 6.07) is 7.56. The van der Waals surface area contributed by atoms with Gasteiger partial charge in [-0.05, 0) is 37.1 Å². The van der Waals surface area contributed by atoms with E-state index in [9.17, 15) is 4.79 Å². The molecular formula is C13H20N2O2. The van der Waals surface area contributed by atoms with Crippen molar-refractivity contribution in [2.24, 2.45) is 5.73 Å². The SMILES string of the molecule is COCCCNC(=O)c1cccc(CCN)c1. The molecule has 1 aromatic rings. The standard InChI is InChI=1S/C13H20N2O2/c1-17-9-3-8-15-13(16)12-5-2-4-11(10-12)6-7-14/h2,4-5,10H,3,6-9,14H2,1H3,(H,15,16). The van der Waals surface area contributed by atoms with E-state index in [2.05, 4.69) is 5.32 Å². The van der Waals surface area contributed by atoms with Crippen LogP contribution in [0.5, 0.6) is 0 Å². The van der Waals surface area contributed by atoms with Crippen LogP contribution in [0.3, 0.4) is 0 Å². The van der Waals surface area contributed by atoms with E-state index in [0.717, 1.165) is 18.4 Å². The van der Waals surface area contributed by atoms with Crippen molar-refractivity contribution in [1.82, 2.24) is 5.32 Å². The Balaban J connectivity index is 2.47. The summed E-state index contributed by atoms with van der Waals surface area (Å²) >= 11 is 0. The van der Waals surface area contributed by atoms with Crippen LogP contribution >= 0.6 is 0 Å². The summed E-state index contributed by atoms with van der Waals surface area (Å²) in [6.45, 7) is 1.89. The molecule has 0 aliphatic rings. The van der Waals surface area contributed by atoms with Gasteiger partial charge in [0.15, 0.2) is 0 Å². The van der Waals surface area contributed by atoms with E-state index in [1.807, 2.05) is 24.3 Å². The van der Waals surface area contributed by atoms with E-state index in [0.29, 0.717) is 25.3 Å². The molecule has 0 radical (unpaired) electrons. The number of methoxy groups -OCH3 is 1. The second kappa shape index (κ2) is 7.81. The molecule has 4 nitrogen and oxygen atoms in total. The first kappa shape index (κ1) is 13.7. The molecule has 0 bridgehead atoms. The van der Waals surface area contributed by atoms with Crippen molar-refractivity contribution in [1.29, 1.82) is 0 Å². The molecule has 0 aromatic heterocycles. The van der Waals surface area contributed by atoms with Gasteiger partial charge in [0.2, 0.25) is 0 Å². The van der Waals surface area contributed by atoms with Crippen molar-refractivity contribution in [2.45, 2.75) is 12.8 Å². The van der Waals surface area contributed by atoms with E-state index in [1.54, 1.807) is 7.11 Å². The number of benzene rings is 1. The molecule has 4 heteroatoms. The van der Waals surface area contributed by atoms with Crippen LogP contribution in [0.25, 0.3) is 0 Å². The third-order valence-electron chi connectivity index (χ3n) is 2.43. The molecule has 0 fully saturated rings. The average Bonchev–Trinajstić information content (AvgIpc) is 2.35. The zero-order chi connectivity index (χ0) is 12.5. The number of amides is 1. The van der Waals surface area contributed by atoms with Crippen LogP contribution in [0.4, 0.5) is 0 Å². The van der Waals surface area contributed by atoms with Crippen LogP contribution < -0.4 is 11.1 Å². The van der Waals surface area contributed by atoms with Crippen molar-refractivity contribution in [3.05, 3.63) is 35.4 Å². The first-order valence-corrected chi connectivity index (χ1v) is 5.84. The van der Waals surface area contributed by atoms with Crippen molar-refractivity contribution >= 4 is 5.91 Å². The third kappa shape index (κ3) is 4.97. The maximum Gasteiger partial charge on any atom is 0.251 e. The topological polar surface area (TPSA) is 64.3 Å². The van der Waals surface area contributed by atoms with Gasteiger partial charge in [-0.1, -0.05) is 12.1 Å². The number of hydrogen-bond donors (Lipinski definition) is 2. The zero-order valence-corrected chi connectivity index (χ0v) is 10.2. The molecule has 0 aliphatic heterocycles. The molecule has 17 heavy (non-hydrogen) atoms. The van der Waals surface area contributed by atoms with E-state index in [4.69, 9.17) is 10.5 Å². The molecule has 0 heterocycles. The van der Waals surface area contributed by atoms with E-state index >= 15 is 0 Å². The summed E-state index contributed by atoms with van der Waals surface area (Å²) in [4.78, 5) is 11.8. The number of carbonyl (C=O) groups is 1. The largest absolute Gasteiger partial charge is 0.385 e. The number of nitrogens with two attached hydrogens (primary N) is 1. The van der Waals surface area contributed by atoms with Crippen LogP contribution in [0.1, 0.15) is 22.3 Å². The Morgan fingerprint density at radius 2 is 2.29 bits per heavy atom. The van der Waals surface area contributed by atoms with Crippen molar-refractivity contribution < 1.29 is 9.53 Å². The highest BCUT2D eigenvalue weighted by Crippen LogP contribution is 2.05. The minimum absolute atomic E-state index is 0.0417. The molecule has 94 valence electrons. The van der Waals surface area contributed by atoms with Crippen LogP contribution in [0, 0.1) is 0 Å². The highest BCUT2D eigenvalue weighted by atomic mass is 16.5. The lowest BCUT2D eigenvalue weighted by atomic mass is 10.1. The first-order valence-electron chi connectivity index (χ1n) is 5.84. The van der Waals surface area contributed by atoms with Gasteiger partial charge in [-0.25, -0.2) is 0 Å². The lowest BCUT2D eigenvalue weighted by Gasteiger charge is -2.06. The van der Waals surface area contributed by atoms with E-state index in [1.165, 1.54) is 0 Å². The number of ether oxygens (including phenoxy) is 1. The Bertz CT molecular complexity index is 353. The predicted octanol–water partition coefficient (Wildman–Crippen LogP) is 0.954. The lowest BCUT2D eigenvalue weighted by molar-refractivity contribution is 0.0948. The Labute approximate surface area is 102 Å². The summed E-state index contributed by atoms with van der Waals surface area (Å²) in [6.07, 6.45) is 1.62. The van der Waals surface area contributed by atoms with Gasteiger partial charge in [0.25, 0.3) is 5.91 Å². The van der Waals surface area contributed by atoms with Gasteiger partial charge in [-0.15, -0.1) is 0 Å². The predicted molar refractivity (Wildman–Crippen MR) is 68.0 cm³/mol. The minimum Gasteiger partial charge on any atom is -0.385 e. The van der Waals surface area contributed by atoms with Gasteiger partial charge < -0.3 is 15.8 Å². The fourth-order valence-corrected chi connectivity index (χ4v) is 1.56. The monoisotopic (exact) mass is 236 g/mol. The normalized spacial score (nSPS) is 10.2. The van der Waals surface area contributed by atoms with E-state index in [-0.39, 0.29) is 5.91 Å². The average molecular weight is 236 g/mol. The summed E-state index contributed by atoms with van der Waals surface area (Å²) in [5, 5.41) is 2.85. The lowest BCUT2D eigenvalue weighted by Crippen LogP contribution is -2.25. The van der Waals surface area contributed by atoms with Crippen LogP contribution in [0.15, 0.2) is 24.3 Å². The Hall–Kier alpha value is -1.39. The molecule has 0 aliphatic carbocycles. The summed E-state index contributed by atoms with van der Waals surface area (Å²) in [5.41, 5.74) is 7.27. The van der Waals surface area contributed by atoms with Crippen molar-refractivity contribution in [3.63, 3.8) is 0 Å². The van der Waals surface area contributed by atoms with Crippen molar-refractivity contribution in [3.8, 4) is 0 Å². The number of rotatable bonds is 7. The Kier molecular flexibility index (Phi) is 6.29. The number of hydrogen-bond acceptors (Lipinski definition) is 3. The highest BCUT2D eigenvalue weighted by Gasteiger charge is 2.04. The molecular weight excluding hydrogens is 216 g/mol. The second-order valence-corrected chi connectivity index (χ2v) is 3.84. The molecule has 0 unspecified atom stereocenters. The van der Waals surface area contributed by atoms with Gasteiger partial charge in [0, 0.05) is 25.8 Å². The fraction of sp³-hybridized carbons (Fsp3) is 0.462. The fourth-order valence-electron chi connectivity index (χ4n) is 1.56. The molecule has 1 amide bonds. The number of carbonyl (C=O) groups excluding carboxylic acids is 1. The van der Waals surface area contributed by atoms with Crippen molar-refractivity contribution in [2.75, 3.05) is 26.8 Å². The molecule has 0 atom stereocenters. The molecule has 0 saturated heterocycles. The second-order valence-electron chi connectivity index (χ2n) is 3.84. The van der Waals surface area contributed by atoms with Crippen LogP contribution in [0.2, 0.25) is 0 Å². The molecule has 0 saturated carbocycles. The third-order valence-corrected chi connectivity index (χ3v) is 2.43. The van der Waals surface area contributed by atoms with E-state index < -0.39 is 0 Å². The number of nitrogens with one attached hydrogen (secondary N) is 1. The quantitative estimate of drug-likeness (QED) is 0.693. The first-order chi connectivity index (χ1) is 8.27.